The first-order chi connectivity index (χ1) is 16.7. The van der Waals surface area contributed by atoms with Crippen molar-refractivity contribution in [1.82, 2.24) is 24.8 Å². The van der Waals surface area contributed by atoms with Gasteiger partial charge in [0.15, 0.2) is 6.39 Å². The number of rotatable bonds is 7. The lowest BCUT2D eigenvalue weighted by Crippen LogP contribution is -2.48. The lowest BCUT2D eigenvalue weighted by molar-refractivity contribution is -0.128. The number of fused-ring (bicyclic) bond motifs is 3. The van der Waals surface area contributed by atoms with Crippen molar-refractivity contribution in [3.63, 3.8) is 0 Å². The van der Waals surface area contributed by atoms with Crippen LogP contribution in [0, 0.1) is 17.8 Å². The second-order valence-corrected chi connectivity index (χ2v) is 9.57. The number of aliphatic hydroxyl groups is 1. The Hall–Kier alpha value is -3.30. The van der Waals surface area contributed by atoms with Gasteiger partial charge in [-0.2, -0.15) is 0 Å². The van der Waals surface area contributed by atoms with Crippen molar-refractivity contribution >= 4 is 5.91 Å². The summed E-state index contributed by atoms with van der Waals surface area (Å²) in [6, 6.07) is 6.83. The molecule has 2 N–H and O–H groups in total. The fraction of sp³-hybridized carbons (Fsp3) is 0.440. The zero-order chi connectivity index (χ0) is 23.2. The SMILES string of the molecule is O=C(NCC1CC1)[C@@H]1[C@@H](CO)[C@@H]2Cn3c(ccc(-c4cccnc4)c3=O)[C@@H]2N1Cc1cocn1. The zero-order valence-corrected chi connectivity index (χ0v) is 18.7. The number of hydrogen-bond acceptors (Lipinski definition) is 7. The van der Waals surface area contributed by atoms with Gasteiger partial charge in [0.25, 0.3) is 5.56 Å². The Kier molecular flexibility index (Phi) is 5.30. The van der Waals surface area contributed by atoms with Crippen LogP contribution in [0.5, 0.6) is 0 Å². The van der Waals surface area contributed by atoms with Crippen LogP contribution >= 0.6 is 0 Å². The number of likely N-dealkylation sites (tertiary alicyclic amines) is 1. The van der Waals surface area contributed by atoms with E-state index in [9.17, 15) is 14.7 Å². The lowest BCUT2D eigenvalue weighted by Gasteiger charge is -2.30. The van der Waals surface area contributed by atoms with E-state index in [-0.39, 0.29) is 36.0 Å². The van der Waals surface area contributed by atoms with Crippen molar-refractivity contribution in [2.24, 2.45) is 17.8 Å². The molecule has 1 saturated carbocycles. The highest BCUT2D eigenvalue weighted by Crippen LogP contribution is 2.50. The predicted octanol–water partition coefficient (Wildman–Crippen LogP) is 1.59. The minimum absolute atomic E-state index is 0.0644. The van der Waals surface area contributed by atoms with Crippen molar-refractivity contribution < 1.29 is 14.3 Å². The third-order valence-corrected chi connectivity index (χ3v) is 7.52. The van der Waals surface area contributed by atoms with Gasteiger partial charge in [0.2, 0.25) is 5.91 Å². The average molecular weight is 462 g/mol. The van der Waals surface area contributed by atoms with Crippen LogP contribution < -0.4 is 10.9 Å². The zero-order valence-electron chi connectivity index (χ0n) is 18.7. The van der Waals surface area contributed by atoms with Gasteiger partial charge >= 0.3 is 0 Å². The van der Waals surface area contributed by atoms with E-state index in [1.54, 1.807) is 23.2 Å². The summed E-state index contributed by atoms with van der Waals surface area (Å²) >= 11 is 0. The molecular formula is C25H27N5O4. The quantitative estimate of drug-likeness (QED) is 0.549. The van der Waals surface area contributed by atoms with Crippen LogP contribution in [0.15, 0.2) is 58.5 Å². The maximum absolute atomic E-state index is 13.5. The molecule has 1 saturated heterocycles. The number of hydrogen-bond donors (Lipinski definition) is 2. The van der Waals surface area contributed by atoms with Crippen molar-refractivity contribution in [3.05, 3.63) is 71.1 Å². The third-order valence-electron chi connectivity index (χ3n) is 7.52. The molecule has 2 fully saturated rings. The standard InChI is InChI=1S/C25H27N5O4/c31-12-20-19-11-29-21(6-5-18(25(29)33)16-2-1-7-26-9-16)22(19)30(10-17-13-34-14-28-17)23(20)24(32)27-8-15-3-4-15/h1-2,5-7,9,13-15,19-20,22-23,31H,3-4,8,10-12H2,(H,27,32)/t19-,20-,22+,23-/m0/s1. The van der Waals surface area contributed by atoms with Crippen LogP contribution in [0.2, 0.25) is 0 Å². The Balaban J connectivity index is 1.39. The molecule has 4 atom stereocenters. The Morgan fingerprint density at radius 3 is 2.85 bits per heavy atom. The summed E-state index contributed by atoms with van der Waals surface area (Å²) in [5.41, 5.74) is 2.87. The number of carbonyl (C=O) groups is 1. The van der Waals surface area contributed by atoms with Crippen molar-refractivity contribution in [1.29, 1.82) is 0 Å². The number of carbonyl (C=O) groups excluding carboxylic acids is 1. The smallest absolute Gasteiger partial charge is 0.258 e. The molecule has 34 heavy (non-hydrogen) atoms. The average Bonchev–Trinajstić information content (AvgIpc) is 3.25. The van der Waals surface area contributed by atoms with Gasteiger partial charge < -0.3 is 19.4 Å². The second kappa shape index (κ2) is 8.48. The Bertz CT molecular complexity index is 1240. The molecule has 0 aromatic carbocycles. The van der Waals surface area contributed by atoms with Crippen LogP contribution in [0.3, 0.4) is 0 Å². The Labute approximate surface area is 196 Å². The molecule has 3 aliphatic rings. The number of pyridine rings is 2. The fourth-order valence-corrected chi connectivity index (χ4v) is 5.70. The molecule has 176 valence electrons. The molecule has 9 heteroatoms. The summed E-state index contributed by atoms with van der Waals surface area (Å²) < 4.78 is 6.98. The minimum atomic E-state index is -0.502. The molecular weight excluding hydrogens is 434 g/mol. The monoisotopic (exact) mass is 461 g/mol. The van der Waals surface area contributed by atoms with Gasteiger partial charge in [0.05, 0.1) is 17.8 Å². The van der Waals surface area contributed by atoms with E-state index in [0.29, 0.717) is 36.8 Å². The number of nitrogens with one attached hydrogen (secondary N) is 1. The highest BCUT2D eigenvalue weighted by molar-refractivity contribution is 5.83. The van der Waals surface area contributed by atoms with Crippen LogP contribution in [0.25, 0.3) is 11.1 Å². The topological polar surface area (TPSA) is 113 Å². The Morgan fingerprint density at radius 2 is 2.15 bits per heavy atom. The van der Waals surface area contributed by atoms with Crippen molar-refractivity contribution in [3.8, 4) is 11.1 Å². The van der Waals surface area contributed by atoms with Gasteiger partial charge in [-0.25, -0.2) is 4.98 Å². The molecule has 9 nitrogen and oxygen atoms in total. The van der Waals surface area contributed by atoms with Crippen LogP contribution in [0.4, 0.5) is 0 Å². The molecule has 0 bridgehead atoms. The molecule has 3 aromatic rings. The minimum Gasteiger partial charge on any atom is -0.451 e. The van der Waals surface area contributed by atoms with E-state index < -0.39 is 6.04 Å². The maximum Gasteiger partial charge on any atom is 0.258 e. The van der Waals surface area contributed by atoms with Gasteiger partial charge in [0, 0.05) is 67.3 Å². The first-order valence-electron chi connectivity index (χ1n) is 11.8. The molecule has 3 aromatic heterocycles. The first kappa shape index (κ1) is 21.2. The van der Waals surface area contributed by atoms with E-state index in [1.165, 1.54) is 6.39 Å². The Morgan fingerprint density at radius 1 is 1.26 bits per heavy atom. The largest absolute Gasteiger partial charge is 0.451 e. The molecule has 0 radical (unpaired) electrons. The van der Waals surface area contributed by atoms with Crippen LogP contribution in [-0.2, 0) is 17.9 Å². The van der Waals surface area contributed by atoms with Gasteiger partial charge in [-0.05, 0) is 37.0 Å². The van der Waals surface area contributed by atoms with Gasteiger partial charge in [-0.1, -0.05) is 6.07 Å². The summed E-state index contributed by atoms with van der Waals surface area (Å²) in [5.74, 6) is 0.138. The molecule has 1 amide bonds. The fourth-order valence-electron chi connectivity index (χ4n) is 5.70. The number of aromatic nitrogens is 3. The number of oxazole rings is 1. The number of amides is 1. The van der Waals surface area contributed by atoms with Crippen molar-refractivity contribution in [2.45, 2.75) is 38.0 Å². The normalized spacial score (nSPS) is 25.8. The number of nitrogens with zero attached hydrogens (tertiary/aromatic N) is 4. The van der Waals surface area contributed by atoms with Gasteiger partial charge in [-0.3, -0.25) is 19.5 Å². The molecule has 0 spiro atoms. The highest BCUT2D eigenvalue weighted by Gasteiger charge is 2.55. The summed E-state index contributed by atoms with van der Waals surface area (Å²) in [5, 5.41) is 13.5. The summed E-state index contributed by atoms with van der Waals surface area (Å²) in [6.07, 6.45) is 8.62. The van der Waals surface area contributed by atoms with E-state index in [2.05, 4.69) is 20.2 Å². The number of aliphatic hydroxyl groups excluding tert-OH is 1. The summed E-state index contributed by atoms with van der Waals surface area (Å²) in [7, 11) is 0. The van der Waals surface area contributed by atoms with Gasteiger partial charge in [0.1, 0.15) is 6.26 Å². The second-order valence-electron chi connectivity index (χ2n) is 9.57. The predicted molar refractivity (Wildman–Crippen MR) is 122 cm³/mol. The molecule has 5 heterocycles. The molecule has 1 aliphatic carbocycles. The maximum atomic E-state index is 13.5. The van der Waals surface area contributed by atoms with E-state index in [1.807, 2.05) is 24.3 Å². The summed E-state index contributed by atoms with van der Waals surface area (Å²) in [6.45, 7) is 1.40. The highest BCUT2D eigenvalue weighted by atomic mass is 16.3. The first-order valence-corrected chi connectivity index (χ1v) is 11.8. The van der Waals surface area contributed by atoms with Crippen LogP contribution in [-0.4, -0.2) is 49.6 Å². The lowest BCUT2D eigenvalue weighted by atomic mass is 9.88. The van der Waals surface area contributed by atoms with Crippen molar-refractivity contribution in [2.75, 3.05) is 13.2 Å². The van der Waals surface area contributed by atoms with Gasteiger partial charge in [-0.15, -0.1) is 0 Å². The van der Waals surface area contributed by atoms with E-state index in [0.717, 1.165) is 24.1 Å². The molecule has 0 unspecified atom stereocenters. The van der Waals surface area contributed by atoms with E-state index >= 15 is 0 Å². The van der Waals surface area contributed by atoms with E-state index in [4.69, 9.17) is 4.42 Å². The third kappa shape index (κ3) is 3.56. The van der Waals surface area contributed by atoms with Crippen LogP contribution in [0.1, 0.15) is 30.3 Å². The molecule has 6 rings (SSSR count). The molecule has 2 aliphatic heterocycles. The summed E-state index contributed by atoms with van der Waals surface area (Å²) in [4.78, 5) is 37.3.